The summed E-state index contributed by atoms with van der Waals surface area (Å²) in [5, 5.41) is 15.8. The summed E-state index contributed by atoms with van der Waals surface area (Å²) in [5.74, 6) is -1.99. The van der Waals surface area contributed by atoms with E-state index in [0.717, 1.165) is 21.5 Å². The molecule has 0 aliphatic rings. The number of rotatable bonds is 4. The van der Waals surface area contributed by atoms with Crippen LogP contribution in [0, 0.1) is 5.82 Å². The first-order chi connectivity index (χ1) is 9.95. The second kappa shape index (κ2) is 6.68. The van der Waals surface area contributed by atoms with Gasteiger partial charge in [0.25, 0.3) is 0 Å². The number of anilines is 1. The first-order valence-corrected chi connectivity index (χ1v) is 7.43. The van der Waals surface area contributed by atoms with Crippen molar-refractivity contribution in [2.45, 2.75) is 6.54 Å². The van der Waals surface area contributed by atoms with Crippen LogP contribution in [-0.2, 0) is 6.54 Å². The van der Waals surface area contributed by atoms with Crippen LogP contribution in [0.15, 0.2) is 34.1 Å². The van der Waals surface area contributed by atoms with Crippen LogP contribution in [0.4, 0.5) is 14.9 Å². The van der Waals surface area contributed by atoms with Gasteiger partial charge in [0.15, 0.2) is 0 Å². The van der Waals surface area contributed by atoms with Crippen LogP contribution in [0.3, 0.4) is 0 Å². The van der Waals surface area contributed by atoms with Gasteiger partial charge in [-0.2, -0.15) is 0 Å². The molecule has 0 bridgehead atoms. The molecule has 1 aromatic heterocycles. The van der Waals surface area contributed by atoms with E-state index in [1.807, 2.05) is 11.4 Å². The number of carboxylic acids is 1. The second-order valence-corrected chi connectivity index (χ2v) is 5.95. The summed E-state index contributed by atoms with van der Waals surface area (Å²) >= 11 is 4.78. The molecule has 0 aliphatic heterocycles. The predicted molar refractivity (Wildman–Crippen MR) is 81.2 cm³/mol. The maximum absolute atomic E-state index is 13.0. The van der Waals surface area contributed by atoms with E-state index in [1.165, 1.54) is 17.4 Å². The Balaban J connectivity index is 2.01. The van der Waals surface area contributed by atoms with Crippen molar-refractivity contribution in [3.8, 4) is 0 Å². The maximum atomic E-state index is 13.0. The minimum Gasteiger partial charge on any atom is -0.478 e. The van der Waals surface area contributed by atoms with E-state index < -0.39 is 17.8 Å². The van der Waals surface area contributed by atoms with Crippen LogP contribution < -0.4 is 10.6 Å². The lowest BCUT2D eigenvalue weighted by molar-refractivity contribution is 0.0697. The number of carbonyl (C=O) groups is 2. The first-order valence-electron chi connectivity index (χ1n) is 5.76. The molecule has 0 spiro atoms. The van der Waals surface area contributed by atoms with E-state index in [9.17, 15) is 14.0 Å². The minimum atomic E-state index is -1.31. The number of halogens is 2. The summed E-state index contributed by atoms with van der Waals surface area (Å²) in [4.78, 5) is 23.7. The van der Waals surface area contributed by atoms with Gasteiger partial charge < -0.3 is 15.7 Å². The molecule has 0 radical (unpaired) electrons. The van der Waals surface area contributed by atoms with E-state index in [0.29, 0.717) is 6.54 Å². The third-order valence-corrected chi connectivity index (χ3v) is 4.20. The van der Waals surface area contributed by atoms with E-state index in [1.54, 1.807) is 0 Å². The smallest absolute Gasteiger partial charge is 0.337 e. The lowest BCUT2D eigenvalue weighted by Crippen LogP contribution is -2.28. The zero-order valence-corrected chi connectivity index (χ0v) is 12.9. The van der Waals surface area contributed by atoms with Crippen LogP contribution in [0.5, 0.6) is 0 Å². The molecule has 5 nitrogen and oxygen atoms in total. The largest absolute Gasteiger partial charge is 0.478 e. The van der Waals surface area contributed by atoms with Crippen molar-refractivity contribution >= 4 is 45.0 Å². The van der Waals surface area contributed by atoms with Crippen molar-refractivity contribution in [1.82, 2.24) is 5.32 Å². The normalized spacial score (nSPS) is 10.2. The number of urea groups is 1. The third kappa shape index (κ3) is 4.27. The zero-order valence-electron chi connectivity index (χ0n) is 10.5. The number of carboxylic acid groups (broad SMARTS) is 1. The number of nitrogens with one attached hydrogen (secondary N) is 2. The number of carbonyl (C=O) groups excluding carboxylic acids is 1. The number of benzene rings is 1. The molecule has 21 heavy (non-hydrogen) atoms. The van der Waals surface area contributed by atoms with Crippen molar-refractivity contribution in [2.75, 3.05) is 5.32 Å². The van der Waals surface area contributed by atoms with Gasteiger partial charge in [0.2, 0.25) is 0 Å². The lowest BCUT2D eigenvalue weighted by atomic mass is 10.2. The molecule has 2 aromatic rings. The molecule has 0 saturated heterocycles. The number of hydrogen-bond acceptors (Lipinski definition) is 3. The highest BCUT2D eigenvalue weighted by atomic mass is 79.9. The molecule has 0 saturated carbocycles. The van der Waals surface area contributed by atoms with E-state index in [-0.39, 0.29) is 11.3 Å². The molecular weight excluding hydrogens is 363 g/mol. The molecule has 0 aliphatic carbocycles. The fourth-order valence-corrected chi connectivity index (χ4v) is 2.97. The minimum absolute atomic E-state index is 0.0359. The van der Waals surface area contributed by atoms with Crippen molar-refractivity contribution in [3.63, 3.8) is 0 Å². The molecular formula is C13H10BrFN2O3S. The van der Waals surface area contributed by atoms with Crippen molar-refractivity contribution in [2.24, 2.45) is 0 Å². The first kappa shape index (κ1) is 15.5. The van der Waals surface area contributed by atoms with Crippen LogP contribution in [0.2, 0.25) is 0 Å². The fraction of sp³-hybridized carbons (Fsp3) is 0.0769. The molecule has 0 fully saturated rings. The highest BCUT2D eigenvalue weighted by molar-refractivity contribution is 9.10. The molecule has 2 amide bonds. The van der Waals surface area contributed by atoms with Crippen LogP contribution in [0.1, 0.15) is 15.2 Å². The average Bonchev–Trinajstić information content (AvgIpc) is 2.84. The molecule has 1 heterocycles. The monoisotopic (exact) mass is 372 g/mol. The van der Waals surface area contributed by atoms with Crippen molar-refractivity contribution in [3.05, 3.63) is 50.4 Å². The Morgan fingerprint density at radius 2 is 2.10 bits per heavy atom. The van der Waals surface area contributed by atoms with Gasteiger partial charge in [-0.3, -0.25) is 0 Å². The molecule has 0 unspecified atom stereocenters. The van der Waals surface area contributed by atoms with Gasteiger partial charge in [-0.15, -0.1) is 11.3 Å². The number of amides is 2. The Kier molecular flexibility index (Phi) is 4.92. The third-order valence-electron chi connectivity index (χ3n) is 2.51. The Labute approximate surface area is 131 Å². The second-order valence-electron chi connectivity index (χ2n) is 4.03. The fourth-order valence-electron chi connectivity index (χ4n) is 1.58. The summed E-state index contributed by atoms with van der Waals surface area (Å²) in [5.41, 5.74) is -0.266. The maximum Gasteiger partial charge on any atom is 0.337 e. The lowest BCUT2D eigenvalue weighted by Gasteiger charge is -2.09. The van der Waals surface area contributed by atoms with Crippen LogP contribution in [0.25, 0.3) is 0 Å². The van der Waals surface area contributed by atoms with Gasteiger partial charge in [-0.25, -0.2) is 14.0 Å². The van der Waals surface area contributed by atoms with Crippen LogP contribution in [-0.4, -0.2) is 17.1 Å². The number of hydrogen-bond donors (Lipinski definition) is 3. The summed E-state index contributed by atoms with van der Waals surface area (Å²) in [6.45, 7) is 0.311. The SMILES string of the molecule is O=C(NCc1cc(Br)cs1)Nc1ccc(F)cc1C(=O)O. The van der Waals surface area contributed by atoms with Gasteiger partial charge in [0.05, 0.1) is 17.8 Å². The van der Waals surface area contributed by atoms with Crippen molar-refractivity contribution in [1.29, 1.82) is 0 Å². The van der Waals surface area contributed by atoms with Gasteiger partial charge in [-0.1, -0.05) is 0 Å². The average molecular weight is 373 g/mol. The summed E-state index contributed by atoms with van der Waals surface area (Å²) in [6, 6.07) is 4.45. The summed E-state index contributed by atoms with van der Waals surface area (Å²) in [6.07, 6.45) is 0. The molecule has 0 atom stereocenters. The molecule has 8 heteroatoms. The standard InChI is InChI=1S/C13H10BrFN2O3S/c14-7-3-9(21-6-7)5-16-13(20)17-11-2-1-8(15)4-10(11)12(18)19/h1-4,6H,5H2,(H,18,19)(H2,16,17,20). The predicted octanol–water partition coefficient (Wildman–Crippen LogP) is 3.67. The van der Waals surface area contributed by atoms with E-state index >= 15 is 0 Å². The van der Waals surface area contributed by atoms with Gasteiger partial charge in [0, 0.05) is 14.7 Å². The van der Waals surface area contributed by atoms with Crippen LogP contribution >= 0.6 is 27.3 Å². The van der Waals surface area contributed by atoms with E-state index in [4.69, 9.17) is 5.11 Å². The number of aromatic carboxylic acids is 1. The molecule has 3 N–H and O–H groups in total. The molecule has 1 aromatic carbocycles. The van der Waals surface area contributed by atoms with Crippen molar-refractivity contribution < 1.29 is 19.1 Å². The topological polar surface area (TPSA) is 78.4 Å². The quantitative estimate of drug-likeness (QED) is 0.765. The highest BCUT2D eigenvalue weighted by Crippen LogP contribution is 2.20. The van der Waals surface area contributed by atoms with Gasteiger partial charge >= 0.3 is 12.0 Å². The Hall–Kier alpha value is -1.93. The molecule has 110 valence electrons. The Morgan fingerprint density at radius 3 is 2.71 bits per heavy atom. The summed E-state index contributed by atoms with van der Waals surface area (Å²) in [7, 11) is 0. The Bertz CT molecular complexity index is 690. The number of thiophene rings is 1. The summed E-state index contributed by atoms with van der Waals surface area (Å²) < 4.78 is 13.9. The van der Waals surface area contributed by atoms with Gasteiger partial charge in [-0.05, 0) is 40.2 Å². The molecule has 2 rings (SSSR count). The Morgan fingerprint density at radius 1 is 1.33 bits per heavy atom. The highest BCUT2D eigenvalue weighted by Gasteiger charge is 2.13. The van der Waals surface area contributed by atoms with Gasteiger partial charge in [0.1, 0.15) is 5.82 Å². The van der Waals surface area contributed by atoms with E-state index in [2.05, 4.69) is 26.6 Å². The zero-order chi connectivity index (χ0) is 15.4.